The molecular formula is C6H6N6O3S. The summed E-state index contributed by atoms with van der Waals surface area (Å²) in [5.41, 5.74) is 0. The van der Waals surface area contributed by atoms with Crippen molar-refractivity contribution in [3.8, 4) is 0 Å². The zero-order chi connectivity index (χ0) is 11.5. The van der Waals surface area contributed by atoms with Crippen LogP contribution in [0.4, 0.5) is 9.93 Å². The van der Waals surface area contributed by atoms with Crippen LogP contribution in [-0.4, -0.2) is 45.5 Å². The van der Waals surface area contributed by atoms with E-state index in [0.717, 1.165) is 11.3 Å². The molecule has 1 aromatic heterocycles. The Kier molecular flexibility index (Phi) is 2.72. The van der Waals surface area contributed by atoms with Crippen molar-refractivity contribution >= 4 is 28.7 Å². The summed E-state index contributed by atoms with van der Waals surface area (Å²) >= 11 is 0.797. The Morgan fingerprint density at radius 2 is 2.44 bits per heavy atom. The van der Waals surface area contributed by atoms with E-state index in [4.69, 9.17) is 0 Å². The summed E-state index contributed by atoms with van der Waals surface area (Å²) < 4.78 is 0. The predicted molar refractivity (Wildman–Crippen MR) is 54.3 cm³/mol. The fourth-order valence-corrected chi connectivity index (χ4v) is 1.57. The highest BCUT2D eigenvalue weighted by atomic mass is 32.1. The van der Waals surface area contributed by atoms with Gasteiger partial charge in [0.25, 0.3) is 0 Å². The topological polar surface area (TPSA) is 114 Å². The Hall–Kier alpha value is -2.10. The van der Waals surface area contributed by atoms with Crippen LogP contribution in [0.2, 0.25) is 0 Å². The Morgan fingerprint density at radius 1 is 1.62 bits per heavy atom. The zero-order valence-corrected chi connectivity index (χ0v) is 8.68. The van der Waals surface area contributed by atoms with Crippen LogP contribution < -0.4 is 5.32 Å². The van der Waals surface area contributed by atoms with E-state index in [1.807, 2.05) is 0 Å². The van der Waals surface area contributed by atoms with Gasteiger partial charge in [-0.1, -0.05) is 0 Å². The number of nitro groups is 1. The first-order valence-electron chi connectivity index (χ1n) is 4.24. The maximum atomic E-state index is 11.1. The van der Waals surface area contributed by atoms with Crippen LogP contribution in [0.5, 0.6) is 0 Å². The fraction of sp³-hybridized carbons (Fsp3) is 0.333. The minimum atomic E-state index is -0.627. The molecule has 1 aliphatic rings. The number of hydrogen-bond acceptors (Lipinski definition) is 7. The summed E-state index contributed by atoms with van der Waals surface area (Å²) in [4.78, 5) is 20.8. The normalized spacial score (nSPS) is 15.8. The van der Waals surface area contributed by atoms with Crippen molar-refractivity contribution in [2.75, 3.05) is 13.1 Å². The van der Waals surface area contributed by atoms with E-state index in [2.05, 4.69) is 20.6 Å². The lowest BCUT2D eigenvalue weighted by atomic mass is 10.7. The monoisotopic (exact) mass is 242 g/mol. The molecule has 1 saturated heterocycles. The molecule has 10 heteroatoms. The quantitative estimate of drug-likeness (QED) is 0.448. The number of nitrogens with one attached hydrogen (secondary N) is 1. The number of amides is 2. The molecule has 16 heavy (non-hydrogen) atoms. The first kappa shape index (κ1) is 10.4. The number of aromatic nitrogens is 2. The lowest BCUT2D eigenvalue weighted by Crippen LogP contribution is -2.23. The number of carbonyl (C=O) groups excluding carboxylic acids is 1. The molecule has 2 rings (SSSR count). The van der Waals surface area contributed by atoms with E-state index in [1.165, 1.54) is 11.2 Å². The molecule has 0 spiro atoms. The van der Waals surface area contributed by atoms with Gasteiger partial charge in [0.1, 0.15) is 0 Å². The molecule has 0 atom stereocenters. The molecule has 2 amide bonds. The van der Waals surface area contributed by atoms with Crippen molar-refractivity contribution < 1.29 is 9.72 Å². The molecular weight excluding hydrogens is 236 g/mol. The van der Waals surface area contributed by atoms with Gasteiger partial charge in [-0.2, -0.15) is 5.10 Å². The maximum Gasteiger partial charge on any atom is 0.450 e. The number of rotatable bonds is 3. The van der Waals surface area contributed by atoms with Crippen LogP contribution in [0.25, 0.3) is 0 Å². The van der Waals surface area contributed by atoms with E-state index in [9.17, 15) is 14.9 Å². The van der Waals surface area contributed by atoms with Crippen LogP contribution in [-0.2, 0) is 0 Å². The van der Waals surface area contributed by atoms with Gasteiger partial charge in [-0.25, -0.2) is 9.80 Å². The van der Waals surface area contributed by atoms with Gasteiger partial charge in [-0.05, 0) is 21.4 Å². The van der Waals surface area contributed by atoms with Gasteiger partial charge in [-0.3, -0.25) is 0 Å². The Balaban J connectivity index is 2.05. The number of nitrogens with zero attached hydrogens (tertiary/aromatic N) is 5. The number of hydrogen-bond donors (Lipinski definition) is 1. The van der Waals surface area contributed by atoms with Gasteiger partial charge in [0, 0.05) is 6.54 Å². The van der Waals surface area contributed by atoms with E-state index < -0.39 is 4.92 Å². The summed E-state index contributed by atoms with van der Waals surface area (Å²) in [5.74, 6) is 0. The number of hydrazone groups is 1. The third-order valence-electron chi connectivity index (χ3n) is 1.73. The van der Waals surface area contributed by atoms with Crippen molar-refractivity contribution in [2.45, 2.75) is 0 Å². The molecule has 1 N–H and O–H groups in total. The van der Waals surface area contributed by atoms with Crippen molar-refractivity contribution in [3.05, 3.63) is 15.1 Å². The first-order chi connectivity index (χ1) is 7.66. The third kappa shape index (κ3) is 2.11. The fourth-order valence-electron chi connectivity index (χ4n) is 1.04. The van der Waals surface area contributed by atoms with Gasteiger partial charge in [-0.15, -0.1) is 0 Å². The minimum Gasteiger partial charge on any atom is -0.357 e. The second-order valence-electron chi connectivity index (χ2n) is 2.78. The number of urea groups is 1. The van der Waals surface area contributed by atoms with Crippen LogP contribution in [0.3, 0.4) is 0 Å². The standard InChI is InChI=1S/C6H6N6O3S/c13-5-7-1-2-11(5)8-3-4-9-10-6(16-4)12(14)15/h3H,1-2H2,(H,7,13). The average Bonchev–Trinajstić information content (AvgIpc) is 2.83. The summed E-state index contributed by atoms with van der Waals surface area (Å²) in [6, 6.07) is -0.296. The van der Waals surface area contributed by atoms with Gasteiger partial charge in [0.05, 0.1) is 17.9 Å². The molecule has 0 radical (unpaired) electrons. The molecule has 84 valence electrons. The second-order valence-corrected chi connectivity index (χ2v) is 3.77. The molecule has 0 aromatic carbocycles. The van der Waals surface area contributed by atoms with Crippen molar-refractivity contribution in [1.82, 2.24) is 20.5 Å². The van der Waals surface area contributed by atoms with Crippen molar-refractivity contribution in [3.63, 3.8) is 0 Å². The molecule has 0 saturated carbocycles. The SMILES string of the molecule is O=C1NCCN1N=Cc1nnc([N+](=O)[O-])s1. The second kappa shape index (κ2) is 4.18. The highest BCUT2D eigenvalue weighted by Gasteiger charge is 2.19. The summed E-state index contributed by atoms with van der Waals surface area (Å²) in [6.07, 6.45) is 1.27. The lowest BCUT2D eigenvalue weighted by Gasteiger charge is -2.03. The van der Waals surface area contributed by atoms with Crippen LogP contribution in [0, 0.1) is 10.1 Å². The van der Waals surface area contributed by atoms with Crippen molar-refractivity contribution in [2.24, 2.45) is 5.10 Å². The lowest BCUT2D eigenvalue weighted by molar-refractivity contribution is -0.385. The van der Waals surface area contributed by atoms with E-state index >= 15 is 0 Å². The maximum absolute atomic E-state index is 11.1. The first-order valence-corrected chi connectivity index (χ1v) is 5.06. The highest BCUT2D eigenvalue weighted by Crippen LogP contribution is 2.15. The van der Waals surface area contributed by atoms with Crippen molar-refractivity contribution in [1.29, 1.82) is 0 Å². The highest BCUT2D eigenvalue weighted by molar-refractivity contribution is 7.16. The third-order valence-corrected chi connectivity index (χ3v) is 2.54. The number of carbonyl (C=O) groups is 1. The van der Waals surface area contributed by atoms with Gasteiger partial charge in [0.2, 0.25) is 0 Å². The summed E-state index contributed by atoms with van der Waals surface area (Å²) in [6.45, 7) is 1.00. The van der Waals surface area contributed by atoms with E-state index in [1.54, 1.807) is 0 Å². The zero-order valence-electron chi connectivity index (χ0n) is 7.86. The van der Waals surface area contributed by atoms with Crippen LogP contribution >= 0.6 is 11.3 Å². The Labute approximate surface area is 92.9 Å². The summed E-state index contributed by atoms with van der Waals surface area (Å²) in [5, 5.41) is 24.8. The van der Waals surface area contributed by atoms with E-state index in [0.29, 0.717) is 13.1 Å². The molecule has 1 aromatic rings. The van der Waals surface area contributed by atoms with Gasteiger partial charge < -0.3 is 15.4 Å². The largest absolute Gasteiger partial charge is 0.450 e. The molecule has 0 unspecified atom stereocenters. The smallest absolute Gasteiger partial charge is 0.357 e. The van der Waals surface area contributed by atoms with Crippen LogP contribution in [0.15, 0.2) is 5.10 Å². The molecule has 0 bridgehead atoms. The molecule has 1 aliphatic heterocycles. The Morgan fingerprint density at radius 3 is 3.00 bits per heavy atom. The van der Waals surface area contributed by atoms with E-state index in [-0.39, 0.29) is 16.2 Å². The molecule has 9 nitrogen and oxygen atoms in total. The molecule has 2 heterocycles. The van der Waals surface area contributed by atoms with Gasteiger partial charge in [0.15, 0.2) is 5.01 Å². The average molecular weight is 242 g/mol. The molecule has 0 aliphatic carbocycles. The predicted octanol–water partition coefficient (Wildman–Crippen LogP) is -0.195. The molecule has 1 fully saturated rings. The Bertz CT molecular complexity index is 457. The summed E-state index contributed by atoms with van der Waals surface area (Å²) in [7, 11) is 0. The van der Waals surface area contributed by atoms with Gasteiger partial charge >= 0.3 is 11.2 Å². The minimum absolute atomic E-state index is 0.284. The van der Waals surface area contributed by atoms with Crippen LogP contribution in [0.1, 0.15) is 5.01 Å².